The predicted molar refractivity (Wildman–Crippen MR) is 116 cm³/mol. The molecular formula is C22H20F2N6O2. The van der Waals surface area contributed by atoms with Gasteiger partial charge in [-0.15, -0.1) is 0 Å². The third kappa shape index (κ3) is 3.80. The number of carbonyl (C=O) groups is 1. The Labute approximate surface area is 182 Å². The maximum absolute atomic E-state index is 14.1. The second-order valence-electron chi connectivity index (χ2n) is 7.40. The molecule has 1 saturated heterocycles. The molecule has 164 valence electrons. The number of para-hydroxylation sites is 1. The summed E-state index contributed by atoms with van der Waals surface area (Å²) in [6.45, 7) is 3.48. The van der Waals surface area contributed by atoms with Gasteiger partial charge in [0.05, 0.1) is 0 Å². The number of piperazine rings is 1. The zero-order chi connectivity index (χ0) is 22.1. The van der Waals surface area contributed by atoms with Crippen LogP contribution in [-0.2, 0) is 0 Å². The first-order valence-corrected chi connectivity index (χ1v) is 10.2. The lowest BCUT2D eigenvalue weighted by molar-refractivity contribution is 0.0929. The number of hydrogen-bond acceptors (Lipinski definition) is 7. The predicted octanol–water partition coefficient (Wildman–Crippen LogP) is 2.90. The Hall–Kier alpha value is -3.79. The van der Waals surface area contributed by atoms with Crippen LogP contribution in [0.3, 0.4) is 0 Å². The van der Waals surface area contributed by atoms with E-state index in [2.05, 4.69) is 25.5 Å². The van der Waals surface area contributed by atoms with Gasteiger partial charge in [-0.3, -0.25) is 9.69 Å². The van der Waals surface area contributed by atoms with Gasteiger partial charge in [0.25, 0.3) is 5.91 Å². The first-order chi connectivity index (χ1) is 15.6. The number of rotatable bonds is 4. The summed E-state index contributed by atoms with van der Waals surface area (Å²) in [4.78, 5) is 24.4. The average Bonchev–Trinajstić information content (AvgIpc) is 2.81. The number of ether oxygens (including phenoxy) is 1. The van der Waals surface area contributed by atoms with Crippen molar-refractivity contribution in [3.8, 4) is 5.88 Å². The summed E-state index contributed by atoms with van der Waals surface area (Å²) in [6, 6.07) is 11.3. The van der Waals surface area contributed by atoms with Crippen LogP contribution in [0.2, 0.25) is 0 Å². The zero-order valence-electron chi connectivity index (χ0n) is 17.0. The van der Waals surface area contributed by atoms with Crippen LogP contribution in [0.5, 0.6) is 5.88 Å². The summed E-state index contributed by atoms with van der Waals surface area (Å²) in [7, 11) is 0. The number of hydrogen-bond donors (Lipinski definition) is 2. The maximum Gasteiger partial charge on any atom is 0.268 e. The molecule has 3 heterocycles. The lowest BCUT2D eigenvalue weighted by Crippen LogP contribution is -2.43. The molecule has 2 aliphatic heterocycles. The molecule has 0 aliphatic carbocycles. The minimum Gasteiger partial charge on any atom is -0.455 e. The molecule has 10 heteroatoms. The van der Waals surface area contributed by atoms with Crippen LogP contribution in [0.4, 0.5) is 31.8 Å². The Bertz CT molecular complexity index is 1130. The van der Waals surface area contributed by atoms with Crippen molar-refractivity contribution in [3.63, 3.8) is 0 Å². The second-order valence-corrected chi connectivity index (χ2v) is 7.40. The van der Waals surface area contributed by atoms with Crippen LogP contribution in [0, 0.1) is 11.6 Å². The minimum absolute atomic E-state index is 0.0264. The lowest BCUT2D eigenvalue weighted by Gasteiger charge is -2.29. The first kappa shape index (κ1) is 20.1. The molecule has 0 atom stereocenters. The third-order valence-corrected chi connectivity index (χ3v) is 5.37. The quantitative estimate of drug-likeness (QED) is 0.648. The van der Waals surface area contributed by atoms with Crippen LogP contribution in [0.25, 0.3) is 0 Å². The van der Waals surface area contributed by atoms with Crippen molar-refractivity contribution in [3.05, 3.63) is 65.9 Å². The molecule has 0 spiro atoms. The first-order valence-electron chi connectivity index (χ1n) is 10.2. The molecule has 1 amide bonds. The number of amides is 1. The van der Waals surface area contributed by atoms with Crippen LogP contribution in [-0.4, -0.2) is 48.8 Å². The van der Waals surface area contributed by atoms with Crippen molar-refractivity contribution in [2.45, 2.75) is 0 Å². The fourth-order valence-electron chi connectivity index (χ4n) is 3.73. The van der Waals surface area contributed by atoms with E-state index in [0.29, 0.717) is 0 Å². The summed E-state index contributed by atoms with van der Waals surface area (Å²) in [6.07, 6.45) is 1.28. The second kappa shape index (κ2) is 8.39. The van der Waals surface area contributed by atoms with Crippen molar-refractivity contribution in [1.82, 2.24) is 15.3 Å². The van der Waals surface area contributed by atoms with E-state index in [-0.39, 0.29) is 24.1 Å². The van der Waals surface area contributed by atoms with E-state index in [1.54, 1.807) is 0 Å². The number of halogens is 2. The molecular weight excluding hydrogens is 418 g/mol. The lowest BCUT2D eigenvalue weighted by atomic mass is 10.2. The summed E-state index contributed by atoms with van der Waals surface area (Å²) in [5.74, 6) is -2.04. The Morgan fingerprint density at radius 2 is 1.75 bits per heavy atom. The smallest absolute Gasteiger partial charge is 0.268 e. The molecule has 0 unspecified atom stereocenters. The number of fused-ring (bicyclic) bond motifs is 1. The molecule has 0 bridgehead atoms. The normalized spacial score (nSPS) is 15.9. The van der Waals surface area contributed by atoms with Gasteiger partial charge in [-0.1, -0.05) is 6.07 Å². The highest BCUT2D eigenvalue weighted by Gasteiger charge is 2.32. The third-order valence-electron chi connectivity index (χ3n) is 5.37. The highest BCUT2D eigenvalue weighted by atomic mass is 19.1. The van der Waals surface area contributed by atoms with Gasteiger partial charge in [0.15, 0.2) is 6.73 Å². The van der Waals surface area contributed by atoms with E-state index in [1.165, 1.54) is 12.3 Å². The molecule has 3 aromatic rings. The molecule has 0 saturated carbocycles. The number of nitrogens with one attached hydrogen (secondary N) is 2. The Kier molecular flexibility index (Phi) is 5.28. The van der Waals surface area contributed by atoms with Crippen molar-refractivity contribution in [1.29, 1.82) is 0 Å². The Morgan fingerprint density at radius 1 is 1.03 bits per heavy atom. The van der Waals surface area contributed by atoms with Gasteiger partial charge in [0.1, 0.15) is 22.9 Å². The van der Waals surface area contributed by atoms with Crippen molar-refractivity contribution >= 4 is 28.9 Å². The number of anilines is 4. The van der Waals surface area contributed by atoms with E-state index in [9.17, 15) is 13.6 Å². The number of benzene rings is 2. The van der Waals surface area contributed by atoms with Gasteiger partial charge < -0.3 is 20.3 Å². The highest BCUT2D eigenvalue weighted by molar-refractivity contribution is 6.08. The molecule has 1 aromatic heterocycles. The minimum atomic E-state index is -0.853. The topological polar surface area (TPSA) is 82.6 Å². The molecule has 2 N–H and O–H groups in total. The fraction of sp³-hybridized carbons (Fsp3) is 0.227. The van der Waals surface area contributed by atoms with E-state index in [1.807, 2.05) is 24.3 Å². The average molecular weight is 438 g/mol. The van der Waals surface area contributed by atoms with Gasteiger partial charge in [-0.2, -0.15) is 4.98 Å². The van der Waals surface area contributed by atoms with Crippen molar-refractivity contribution < 1.29 is 18.3 Å². The molecule has 2 aliphatic rings. The Balaban J connectivity index is 1.32. The van der Waals surface area contributed by atoms with Crippen LogP contribution in [0.15, 0.2) is 48.7 Å². The fourth-order valence-corrected chi connectivity index (χ4v) is 3.73. The van der Waals surface area contributed by atoms with Gasteiger partial charge in [0.2, 0.25) is 11.8 Å². The van der Waals surface area contributed by atoms with Crippen molar-refractivity contribution in [2.24, 2.45) is 0 Å². The summed E-state index contributed by atoms with van der Waals surface area (Å²) in [5.41, 5.74) is 1.48. The highest BCUT2D eigenvalue weighted by Crippen LogP contribution is 2.31. The van der Waals surface area contributed by atoms with Crippen LogP contribution in [0.1, 0.15) is 10.4 Å². The summed E-state index contributed by atoms with van der Waals surface area (Å²) >= 11 is 0. The summed E-state index contributed by atoms with van der Waals surface area (Å²) < 4.78 is 33.7. The van der Waals surface area contributed by atoms with E-state index in [4.69, 9.17) is 4.74 Å². The number of aromatic nitrogens is 2. The molecule has 1 fully saturated rings. The number of carbonyl (C=O) groups excluding carboxylic acids is 1. The van der Waals surface area contributed by atoms with Crippen LogP contribution >= 0.6 is 0 Å². The van der Waals surface area contributed by atoms with Gasteiger partial charge in [0, 0.05) is 43.8 Å². The largest absolute Gasteiger partial charge is 0.455 e. The number of nitrogens with zero attached hydrogens (tertiary/aromatic N) is 4. The van der Waals surface area contributed by atoms with Gasteiger partial charge >= 0.3 is 0 Å². The SMILES string of the molecule is O=C1c2cnc(Nc3ccc(N4CCNCC4)cc3)nc2OCN1c1c(F)cccc1F. The molecule has 32 heavy (non-hydrogen) atoms. The molecule has 0 radical (unpaired) electrons. The van der Waals surface area contributed by atoms with E-state index >= 15 is 0 Å². The zero-order valence-corrected chi connectivity index (χ0v) is 17.0. The standard InChI is InChI=1S/C22H20F2N6O2/c23-17-2-1-3-18(24)19(17)30-13-32-20-16(21(30)31)12-26-22(28-20)27-14-4-6-15(7-5-14)29-10-8-25-9-11-29/h1-7,12,25H,8-11,13H2,(H,26,27,28). The maximum atomic E-state index is 14.1. The van der Waals surface area contributed by atoms with E-state index < -0.39 is 23.2 Å². The molecule has 2 aromatic carbocycles. The molecule has 5 rings (SSSR count). The monoisotopic (exact) mass is 438 g/mol. The van der Waals surface area contributed by atoms with E-state index in [0.717, 1.165) is 54.6 Å². The van der Waals surface area contributed by atoms with Gasteiger partial charge in [-0.05, 0) is 36.4 Å². The summed E-state index contributed by atoms with van der Waals surface area (Å²) in [5, 5.41) is 6.41. The van der Waals surface area contributed by atoms with Gasteiger partial charge in [-0.25, -0.2) is 13.8 Å². The van der Waals surface area contributed by atoms with Crippen molar-refractivity contribution in [2.75, 3.05) is 48.0 Å². The van der Waals surface area contributed by atoms with Crippen LogP contribution < -0.4 is 25.2 Å². The molecule has 8 nitrogen and oxygen atoms in total. The Morgan fingerprint density at radius 3 is 2.47 bits per heavy atom.